The standard InChI is InChI=1S/C12H11N5O2S/c1-7-6-8(16-17(7)2)11-14-15-12(19-11)13-10(18)9-4-3-5-20-9/h3-6H,1-2H3,(H,13,15,18). The molecule has 0 aliphatic rings. The minimum atomic E-state index is -0.271. The number of amides is 1. The summed E-state index contributed by atoms with van der Waals surface area (Å²) < 4.78 is 7.09. The van der Waals surface area contributed by atoms with Crippen LogP contribution < -0.4 is 5.32 Å². The Kier molecular flexibility index (Phi) is 3.07. The summed E-state index contributed by atoms with van der Waals surface area (Å²) >= 11 is 1.34. The van der Waals surface area contributed by atoms with E-state index in [1.165, 1.54) is 11.3 Å². The van der Waals surface area contributed by atoms with Gasteiger partial charge in [0.1, 0.15) is 5.69 Å². The van der Waals surface area contributed by atoms with Gasteiger partial charge in [0, 0.05) is 12.7 Å². The summed E-state index contributed by atoms with van der Waals surface area (Å²) in [6, 6.07) is 5.41. The average molecular weight is 289 g/mol. The molecule has 3 heterocycles. The van der Waals surface area contributed by atoms with Crippen LogP contribution in [0.5, 0.6) is 0 Å². The monoisotopic (exact) mass is 289 g/mol. The number of hydrogen-bond acceptors (Lipinski definition) is 6. The maximum absolute atomic E-state index is 11.8. The molecule has 0 atom stereocenters. The molecule has 1 amide bonds. The smallest absolute Gasteiger partial charge is 0.322 e. The van der Waals surface area contributed by atoms with Crippen molar-refractivity contribution in [3.8, 4) is 11.6 Å². The molecular weight excluding hydrogens is 278 g/mol. The molecule has 20 heavy (non-hydrogen) atoms. The first-order valence-corrected chi connectivity index (χ1v) is 6.71. The normalized spacial score (nSPS) is 10.7. The number of nitrogens with one attached hydrogen (secondary N) is 1. The highest BCUT2D eigenvalue weighted by molar-refractivity contribution is 7.12. The number of nitrogens with zero attached hydrogens (tertiary/aromatic N) is 4. The van der Waals surface area contributed by atoms with Crippen molar-refractivity contribution < 1.29 is 9.21 Å². The Hall–Kier alpha value is -2.48. The summed E-state index contributed by atoms with van der Waals surface area (Å²) in [5, 5.41) is 16.3. The number of aromatic nitrogens is 4. The van der Waals surface area contributed by atoms with Gasteiger partial charge in [-0.2, -0.15) is 5.10 Å². The molecule has 0 saturated carbocycles. The van der Waals surface area contributed by atoms with Crippen molar-refractivity contribution in [2.24, 2.45) is 7.05 Å². The fraction of sp³-hybridized carbons (Fsp3) is 0.167. The molecule has 0 radical (unpaired) electrons. The van der Waals surface area contributed by atoms with Crippen LogP contribution in [0.3, 0.4) is 0 Å². The van der Waals surface area contributed by atoms with Crippen LogP contribution in [-0.4, -0.2) is 25.9 Å². The van der Waals surface area contributed by atoms with Crippen LogP contribution in [0.2, 0.25) is 0 Å². The van der Waals surface area contributed by atoms with Crippen LogP contribution >= 0.6 is 11.3 Å². The van der Waals surface area contributed by atoms with Crippen molar-refractivity contribution in [2.75, 3.05) is 5.32 Å². The first-order chi connectivity index (χ1) is 9.63. The Morgan fingerprint density at radius 2 is 2.30 bits per heavy atom. The zero-order chi connectivity index (χ0) is 14.1. The Bertz CT molecular complexity index is 724. The molecule has 3 aromatic rings. The third-order valence-corrected chi connectivity index (χ3v) is 3.59. The third-order valence-electron chi connectivity index (χ3n) is 2.72. The highest BCUT2D eigenvalue weighted by Gasteiger charge is 2.15. The Morgan fingerprint density at radius 1 is 1.45 bits per heavy atom. The predicted octanol–water partition coefficient (Wildman–Crippen LogP) is 2.09. The highest BCUT2D eigenvalue weighted by Crippen LogP contribution is 2.19. The van der Waals surface area contributed by atoms with E-state index in [4.69, 9.17) is 4.42 Å². The second kappa shape index (κ2) is 4.89. The second-order valence-corrected chi connectivity index (χ2v) is 5.09. The van der Waals surface area contributed by atoms with Crippen molar-refractivity contribution in [2.45, 2.75) is 6.92 Å². The molecule has 0 aliphatic heterocycles. The van der Waals surface area contributed by atoms with Gasteiger partial charge in [-0.05, 0) is 24.4 Å². The fourth-order valence-electron chi connectivity index (χ4n) is 1.61. The molecule has 0 aliphatic carbocycles. The first-order valence-electron chi connectivity index (χ1n) is 5.83. The number of thiophene rings is 1. The van der Waals surface area contributed by atoms with Gasteiger partial charge in [-0.1, -0.05) is 11.2 Å². The van der Waals surface area contributed by atoms with E-state index in [-0.39, 0.29) is 17.8 Å². The van der Waals surface area contributed by atoms with Crippen LogP contribution in [-0.2, 0) is 7.05 Å². The van der Waals surface area contributed by atoms with E-state index in [1.54, 1.807) is 16.8 Å². The number of carbonyl (C=O) groups excluding carboxylic acids is 1. The summed E-state index contributed by atoms with van der Waals surface area (Å²) in [5.74, 6) is 0.00239. The van der Waals surface area contributed by atoms with Gasteiger partial charge in [0.15, 0.2) is 0 Å². The number of anilines is 1. The molecule has 0 aromatic carbocycles. The van der Waals surface area contributed by atoms with Gasteiger partial charge >= 0.3 is 6.01 Å². The number of hydrogen-bond donors (Lipinski definition) is 1. The SMILES string of the molecule is Cc1cc(-c2nnc(NC(=O)c3cccs3)o2)nn1C. The topological polar surface area (TPSA) is 85.8 Å². The molecule has 0 spiro atoms. The van der Waals surface area contributed by atoms with Crippen molar-refractivity contribution in [3.63, 3.8) is 0 Å². The Labute approximate surface area is 118 Å². The van der Waals surface area contributed by atoms with Crippen LogP contribution in [0.15, 0.2) is 28.0 Å². The molecule has 3 rings (SSSR count). The zero-order valence-corrected chi connectivity index (χ0v) is 11.6. The summed E-state index contributed by atoms with van der Waals surface area (Å²) in [4.78, 5) is 12.4. The third kappa shape index (κ3) is 2.32. The van der Waals surface area contributed by atoms with E-state index >= 15 is 0 Å². The van der Waals surface area contributed by atoms with E-state index in [9.17, 15) is 4.79 Å². The fourth-order valence-corrected chi connectivity index (χ4v) is 2.23. The molecule has 0 bridgehead atoms. The first kappa shape index (κ1) is 12.5. The van der Waals surface area contributed by atoms with Gasteiger partial charge in [-0.3, -0.25) is 14.8 Å². The van der Waals surface area contributed by atoms with Gasteiger partial charge in [-0.15, -0.1) is 16.4 Å². The minimum absolute atomic E-state index is 0.0571. The lowest BCUT2D eigenvalue weighted by Gasteiger charge is -1.95. The van der Waals surface area contributed by atoms with E-state index in [1.807, 2.05) is 25.4 Å². The van der Waals surface area contributed by atoms with Crippen LogP contribution in [0.1, 0.15) is 15.4 Å². The van der Waals surface area contributed by atoms with Crippen molar-refractivity contribution in [1.29, 1.82) is 0 Å². The lowest BCUT2D eigenvalue weighted by Crippen LogP contribution is -2.10. The molecule has 7 nitrogen and oxygen atoms in total. The molecule has 8 heteroatoms. The molecular formula is C12H11N5O2S. The molecule has 3 aromatic heterocycles. The van der Waals surface area contributed by atoms with E-state index in [0.717, 1.165) is 5.69 Å². The molecule has 0 fully saturated rings. The van der Waals surface area contributed by atoms with Gasteiger partial charge in [0.05, 0.1) is 4.88 Å². The average Bonchev–Trinajstić information content (AvgIpc) is 3.12. The molecule has 102 valence electrons. The maximum atomic E-state index is 11.8. The molecule has 0 saturated heterocycles. The van der Waals surface area contributed by atoms with Gasteiger partial charge in [-0.25, -0.2) is 0 Å². The number of rotatable bonds is 3. The van der Waals surface area contributed by atoms with Crippen molar-refractivity contribution in [1.82, 2.24) is 20.0 Å². The summed E-state index contributed by atoms with van der Waals surface area (Å²) in [7, 11) is 1.83. The van der Waals surface area contributed by atoms with Gasteiger partial charge in [0.25, 0.3) is 11.8 Å². The maximum Gasteiger partial charge on any atom is 0.322 e. The van der Waals surface area contributed by atoms with Gasteiger partial charge < -0.3 is 4.42 Å². The Morgan fingerprint density at radius 3 is 2.95 bits per heavy atom. The molecule has 0 unspecified atom stereocenters. The van der Waals surface area contributed by atoms with Crippen molar-refractivity contribution in [3.05, 3.63) is 34.2 Å². The lowest BCUT2D eigenvalue weighted by atomic mass is 10.4. The molecule has 1 N–H and O–H groups in total. The van der Waals surface area contributed by atoms with E-state index in [2.05, 4.69) is 20.6 Å². The van der Waals surface area contributed by atoms with E-state index in [0.29, 0.717) is 10.6 Å². The zero-order valence-electron chi connectivity index (χ0n) is 10.8. The summed E-state index contributed by atoms with van der Waals surface area (Å²) in [6.45, 7) is 1.92. The highest BCUT2D eigenvalue weighted by atomic mass is 32.1. The Balaban J connectivity index is 1.79. The van der Waals surface area contributed by atoms with Crippen LogP contribution in [0, 0.1) is 6.92 Å². The van der Waals surface area contributed by atoms with Crippen molar-refractivity contribution >= 4 is 23.3 Å². The lowest BCUT2D eigenvalue weighted by molar-refractivity contribution is 0.102. The van der Waals surface area contributed by atoms with E-state index < -0.39 is 0 Å². The number of carbonyl (C=O) groups is 1. The largest absolute Gasteiger partial charge is 0.401 e. The number of aryl methyl sites for hydroxylation is 2. The minimum Gasteiger partial charge on any atom is -0.401 e. The second-order valence-electron chi connectivity index (χ2n) is 4.14. The predicted molar refractivity (Wildman–Crippen MR) is 73.5 cm³/mol. The summed E-state index contributed by atoms with van der Waals surface area (Å²) in [5.41, 5.74) is 1.55. The quantitative estimate of drug-likeness (QED) is 0.798. The van der Waals surface area contributed by atoms with Crippen LogP contribution in [0.4, 0.5) is 6.01 Å². The summed E-state index contributed by atoms with van der Waals surface area (Å²) in [6.07, 6.45) is 0. The van der Waals surface area contributed by atoms with Crippen LogP contribution in [0.25, 0.3) is 11.6 Å². The van der Waals surface area contributed by atoms with Gasteiger partial charge in [0.2, 0.25) is 0 Å².